The summed E-state index contributed by atoms with van der Waals surface area (Å²) in [6, 6.07) is 0. The van der Waals surface area contributed by atoms with Crippen LogP contribution >= 0.6 is 0 Å². The van der Waals surface area contributed by atoms with Crippen LogP contribution in [0.2, 0.25) is 0 Å². The monoisotopic (exact) mass is 490 g/mol. The Morgan fingerprint density at radius 1 is 0.485 bits per heavy atom. The summed E-state index contributed by atoms with van der Waals surface area (Å²) in [6.07, 6.45) is 19.8. The van der Waals surface area contributed by atoms with Gasteiger partial charge in [-0.1, -0.05) is 131 Å². The largest absolute Gasteiger partial charge is 0.399 e. The highest BCUT2D eigenvalue weighted by Gasteiger charge is 2.16. The lowest BCUT2D eigenvalue weighted by molar-refractivity contribution is 0.170. The van der Waals surface area contributed by atoms with E-state index >= 15 is 0 Å². The van der Waals surface area contributed by atoms with Crippen LogP contribution in [0.5, 0.6) is 0 Å². The maximum absolute atomic E-state index is 12.1. The fraction of sp³-hybridized carbons (Fsp3) is 1.00. The number of hydrogen-bond acceptors (Lipinski definition) is 4. The third-order valence-corrected chi connectivity index (χ3v) is 7.73. The third kappa shape index (κ3) is 22.1. The summed E-state index contributed by atoms with van der Waals surface area (Å²) in [5.41, 5.74) is 0. The van der Waals surface area contributed by atoms with Gasteiger partial charge in [-0.05, 0) is 36.5 Å². The molecular weight excluding hydrogens is 432 g/mol. The quantitative estimate of drug-likeness (QED) is 0.127. The Hall–Kier alpha value is -0.130. The average molecular weight is 491 g/mol. The van der Waals surface area contributed by atoms with Crippen molar-refractivity contribution in [2.45, 2.75) is 144 Å². The SMILES string of the molecule is CCCCC(C)CCCCCC(C)COS(=O)(=O)OCC(C)CCCCCC(C)CCCC. The Bertz CT molecular complexity index is 480. The first-order chi connectivity index (χ1) is 15.7. The van der Waals surface area contributed by atoms with E-state index in [9.17, 15) is 8.42 Å². The molecule has 0 aromatic carbocycles. The van der Waals surface area contributed by atoms with Crippen LogP contribution in [-0.2, 0) is 18.8 Å². The van der Waals surface area contributed by atoms with E-state index in [4.69, 9.17) is 8.37 Å². The lowest BCUT2D eigenvalue weighted by atomic mass is 9.96. The highest BCUT2D eigenvalue weighted by atomic mass is 32.3. The van der Waals surface area contributed by atoms with Crippen molar-refractivity contribution in [1.29, 1.82) is 0 Å². The highest BCUT2D eigenvalue weighted by molar-refractivity contribution is 7.81. The van der Waals surface area contributed by atoms with Crippen molar-refractivity contribution >= 4 is 10.4 Å². The molecule has 0 aromatic heterocycles. The second-order valence-corrected chi connectivity index (χ2v) is 12.2. The van der Waals surface area contributed by atoms with E-state index in [1.165, 1.54) is 77.0 Å². The van der Waals surface area contributed by atoms with Gasteiger partial charge in [0.15, 0.2) is 0 Å². The molecule has 5 heteroatoms. The first kappa shape index (κ1) is 32.9. The molecule has 0 N–H and O–H groups in total. The van der Waals surface area contributed by atoms with E-state index in [-0.39, 0.29) is 25.0 Å². The van der Waals surface area contributed by atoms with Crippen molar-refractivity contribution in [1.82, 2.24) is 0 Å². The van der Waals surface area contributed by atoms with Crippen LogP contribution in [0, 0.1) is 23.7 Å². The molecule has 0 heterocycles. The molecule has 0 aliphatic carbocycles. The first-order valence-corrected chi connectivity index (χ1v) is 15.6. The van der Waals surface area contributed by atoms with Gasteiger partial charge in [-0.3, -0.25) is 0 Å². The predicted molar refractivity (Wildman–Crippen MR) is 143 cm³/mol. The Balaban J connectivity index is 3.77. The van der Waals surface area contributed by atoms with Crippen LogP contribution in [-0.4, -0.2) is 21.6 Å². The molecule has 0 bridgehead atoms. The molecular formula is C28H58O4S. The smallest absolute Gasteiger partial charge is 0.248 e. The molecule has 4 atom stereocenters. The minimum Gasteiger partial charge on any atom is -0.248 e. The minimum atomic E-state index is -3.88. The summed E-state index contributed by atoms with van der Waals surface area (Å²) in [5, 5.41) is 0. The van der Waals surface area contributed by atoms with Gasteiger partial charge in [0, 0.05) is 0 Å². The van der Waals surface area contributed by atoms with Crippen molar-refractivity contribution in [3.8, 4) is 0 Å². The summed E-state index contributed by atoms with van der Waals surface area (Å²) in [5.74, 6) is 2.13. The van der Waals surface area contributed by atoms with Gasteiger partial charge in [0.05, 0.1) is 13.2 Å². The summed E-state index contributed by atoms with van der Waals surface area (Å²) in [7, 11) is -3.88. The summed E-state index contributed by atoms with van der Waals surface area (Å²) in [6.45, 7) is 13.8. The van der Waals surface area contributed by atoms with Gasteiger partial charge in [0.25, 0.3) is 0 Å². The zero-order valence-corrected chi connectivity index (χ0v) is 23.9. The van der Waals surface area contributed by atoms with Gasteiger partial charge in [0.1, 0.15) is 0 Å². The fourth-order valence-electron chi connectivity index (χ4n) is 4.32. The molecule has 0 aliphatic rings. The highest BCUT2D eigenvalue weighted by Crippen LogP contribution is 2.19. The van der Waals surface area contributed by atoms with E-state index in [1.807, 2.05) is 0 Å². The number of rotatable bonds is 24. The molecule has 0 fully saturated rings. The molecule has 200 valence electrons. The zero-order chi connectivity index (χ0) is 25.0. The molecule has 33 heavy (non-hydrogen) atoms. The molecule has 0 aromatic rings. The summed E-state index contributed by atoms with van der Waals surface area (Å²) in [4.78, 5) is 0. The van der Waals surface area contributed by atoms with Gasteiger partial charge in [-0.25, -0.2) is 8.37 Å². The van der Waals surface area contributed by atoms with Gasteiger partial charge in [0.2, 0.25) is 0 Å². The van der Waals surface area contributed by atoms with E-state index in [2.05, 4.69) is 41.5 Å². The van der Waals surface area contributed by atoms with Crippen LogP contribution in [0.25, 0.3) is 0 Å². The van der Waals surface area contributed by atoms with Crippen molar-refractivity contribution < 1.29 is 16.8 Å². The van der Waals surface area contributed by atoms with Crippen molar-refractivity contribution in [2.24, 2.45) is 23.7 Å². The standard InChI is InChI=1S/C28H58O4S/c1-7-9-17-25(3)19-13-11-15-21-27(5)23-31-33(29,30)32-24-28(6)22-16-12-14-20-26(4)18-10-8-2/h25-28H,7-24H2,1-6H3. The number of hydrogen-bond donors (Lipinski definition) is 0. The third-order valence-electron chi connectivity index (χ3n) is 6.88. The van der Waals surface area contributed by atoms with E-state index in [1.54, 1.807) is 0 Å². The second kappa shape index (κ2) is 21.2. The number of unbranched alkanes of at least 4 members (excludes halogenated alkanes) is 6. The summed E-state index contributed by atoms with van der Waals surface area (Å²) >= 11 is 0. The van der Waals surface area contributed by atoms with Gasteiger partial charge in [-0.2, -0.15) is 8.42 Å². The van der Waals surface area contributed by atoms with Crippen LogP contribution in [0.1, 0.15) is 144 Å². The van der Waals surface area contributed by atoms with Crippen LogP contribution in [0.15, 0.2) is 0 Å². The molecule has 0 rings (SSSR count). The van der Waals surface area contributed by atoms with Crippen molar-refractivity contribution in [3.63, 3.8) is 0 Å². The van der Waals surface area contributed by atoms with Crippen LogP contribution in [0.4, 0.5) is 0 Å². The van der Waals surface area contributed by atoms with Crippen LogP contribution in [0.3, 0.4) is 0 Å². The maximum atomic E-state index is 12.1. The molecule has 4 unspecified atom stereocenters. The minimum absolute atomic E-state index is 0.222. The van der Waals surface area contributed by atoms with E-state index in [0.29, 0.717) is 0 Å². The molecule has 0 aliphatic heterocycles. The van der Waals surface area contributed by atoms with Crippen molar-refractivity contribution in [2.75, 3.05) is 13.2 Å². The molecule has 4 nitrogen and oxygen atoms in total. The van der Waals surface area contributed by atoms with Crippen molar-refractivity contribution in [3.05, 3.63) is 0 Å². The zero-order valence-electron chi connectivity index (χ0n) is 23.1. The van der Waals surface area contributed by atoms with Gasteiger partial charge in [-0.15, -0.1) is 0 Å². The average Bonchev–Trinajstić information content (AvgIpc) is 2.78. The second-order valence-electron chi connectivity index (χ2n) is 11.0. The molecule has 0 spiro atoms. The fourth-order valence-corrected chi connectivity index (χ4v) is 5.18. The normalized spacial score (nSPS) is 15.9. The molecule has 0 saturated heterocycles. The molecule has 0 saturated carbocycles. The maximum Gasteiger partial charge on any atom is 0.399 e. The van der Waals surface area contributed by atoms with Gasteiger partial charge >= 0.3 is 10.4 Å². The predicted octanol–water partition coefficient (Wildman–Crippen LogP) is 9.09. The Morgan fingerprint density at radius 3 is 1.12 bits per heavy atom. The Morgan fingerprint density at radius 2 is 0.788 bits per heavy atom. The van der Waals surface area contributed by atoms with E-state index in [0.717, 1.165) is 37.5 Å². The lowest BCUT2D eigenvalue weighted by Crippen LogP contribution is -2.18. The van der Waals surface area contributed by atoms with Crippen LogP contribution < -0.4 is 0 Å². The summed E-state index contributed by atoms with van der Waals surface area (Å²) < 4.78 is 34.4. The molecule has 0 radical (unpaired) electrons. The van der Waals surface area contributed by atoms with E-state index < -0.39 is 10.4 Å². The Kier molecular flexibility index (Phi) is 21.1. The van der Waals surface area contributed by atoms with Gasteiger partial charge < -0.3 is 0 Å². The molecule has 0 amide bonds. The Labute approximate surface area is 208 Å². The topological polar surface area (TPSA) is 52.6 Å². The lowest BCUT2D eigenvalue weighted by Gasteiger charge is -2.15. The first-order valence-electron chi connectivity index (χ1n) is 14.2.